The number of para-hydroxylation sites is 1. The number of fused-ring (bicyclic) bond motifs is 1. The molecule has 2 amide bonds. The van der Waals surface area contributed by atoms with E-state index in [2.05, 4.69) is 10.3 Å². The number of nitrogens with one attached hydrogen (secondary N) is 3. The van der Waals surface area contributed by atoms with Crippen molar-refractivity contribution in [3.8, 4) is 0 Å². The minimum Gasteiger partial charge on any atom is -0.449 e. The number of rotatable bonds is 3. The van der Waals surface area contributed by atoms with Gasteiger partial charge in [-0.25, -0.2) is 9.59 Å². The quantitative estimate of drug-likeness (QED) is 0.614. The Morgan fingerprint density at radius 2 is 2.04 bits per heavy atom. The first-order valence-electron chi connectivity index (χ1n) is 8.38. The standard InChI is InChI=1S/C17H19N5O5/c1-2-27-17(26)22-8-7-10(9-5-3-4-6-11(9)22)19-15(24)13-12(18)14(23)21-16(25)20-13/h3-6,10H,2,7-8,18H2,1H3,(H,19,24)(H2,20,21,23,25). The molecule has 3 rings (SSSR count). The average Bonchev–Trinajstić information content (AvgIpc) is 2.65. The summed E-state index contributed by atoms with van der Waals surface area (Å²) in [7, 11) is 0. The zero-order chi connectivity index (χ0) is 19.6. The van der Waals surface area contributed by atoms with Crippen molar-refractivity contribution in [1.82, 2.24) is 15.3 Å². The summed E-state index contributed by atoms with van der Waals surface area (Å²) >= 11 is 0. The van der Waals surface area contributed by atoms with Gasteiger partial charge in [-0.05, 0) is 25.0 Å². The van der Waals surface area contributed by atoms with Crippen molar-refractivity contribution in [3.05, 3.63) is 56.4 Å². The molecule has 2 aromatic rings. The van der Waals surface area contributed by atoms with Crippen LogP contribution in [-0.4, -0.2) is 35.1 Å². The van der Waals surface area contributed by atoms with Crippen LogP contribution in [0.2, 0.25) is 0 Å². The van der Waals surface area contributed by atoms with Crippen molar-refractivity contribution in [2.45, 2.75) is 19.4 Å². The molecule has 0 fully saturated rings. The second-order valence-electron chi connectivity index (χ2n) is 5.92. The molecule has 0 saturated carbocycles. The van der Waals surface area contributed by atoms with E-state index >= 15 is 0 Å². The van der Waals surface area contributed by atoms with Crippen molar-refractivity contribution in [2.75, 3.05) is 23.8 Å². The highest BCUT2D eigenvalue weighted by molar-refractivity contribution is 5.97. The van der Waals surface area contributed by atoms with Crippen LogP contribution in [0.5, 0.6) is 0 Å². The number of hydrogen-bond donors (Lipinski definition) is 4. The van der Waals surface area contributed by atoms with Gasteiger partial charge in [-0.2, -0.15) is 0 Å². The van der Waals surface area contributed by atoms with Crippen LogP contribution < -0.4 is 27.2 Å². The zero-order valence-electron chi connectivity index (χ0n) is 14.6. The number of carbonyl (C=O) groups excluding carboxylic acids is 2. The van der Waals surface area contributed by atoms with E-state index in [9.17, 15) is 19.2 Å². The Kier molecular flexibility index (Phi) is 4.97. The second kappa shape index (κ2) is 7.36. The topological polar surface area (TPSA) is 150 Å². The third kappa shape index (κ3) is 3.54. The molecular formula is C17H19N5O5. The summed E-state index contributed by atoms with van der Waals surface area (Å²) in [5.41, 5.74) is 4.62. The Bertz CT molecular complexity index is 996. The van der Waals surface area contributed by atoms with Crippen molar-refractivity contribution < 1.29 is 14.3 Å². The molecule has 0 bridgehead atoms. The molecule has 0 saturated heterocycles. The third-order valence-electron chi connectivity index (χ3n) is 4.24. The van der Waals surface area contributed by atoms with E-state index in [1.807, 2.05) is 4.98 Å². The molecule has 5 N–H and O–H groups in total. The lowest BCUT2D eigenvalue weighted by Gasteiger charge is -2.33. The van der Waals surface area contributed by atoms with Gasteiger partial charge in [-0.15, -0.1) is 0 Å². The fraction of sp³-hybridized carbons (Fsp3) is 0.294. The Morgan fingerprint density at radius 3 is 2.78 bits per heavy atom. The van der Waals surface area contributed by atoms with Crippen molar-refractivity contribution >= 4 is 23.4 Å². The van der Waals surface area contributed by atoms with Crippen molar-refractivity contribution in [1.29, 1.82) is 0 Å². The highest BCUT2D eigenvalue weighted by Gasteiger charge is 2.30. The lowest BCUT2D eigenvalue weighted by Crippen LogP contribution is -2.42. The average molecular weight is 373 g/mol. The molecule has 1 aliphatic heterocycles. The van der Waals surface area contributed by atoms with Crippen LogP contribution in [0, 0.1) is 0 Å². The van der Waals surface area contributed by atoms with Crippen LogP contribution in [0.25, 0.3) is 0 Å². The summed E-state index contributed by atoms with van der Waals surface area (Å²) in [6.07, 6.45) is -0.0348. The first-order chi connectivity index (χ1) is 12.9. The molecule has 27 heavy (non-hydrogen) atoms. The number of H-pyrrole nitrogens is 2. The van der Waals surface area contributed by atoms with Crippen LogP contribution in [0.3, 0.4) is 0 Å². The lowest BCUT2D eigenvalue weighted by atomic mass is 9.96. The molecule has 0 radical (unpaired) electrons. The highest BCUT2D eigenvalue weighted by atomic mass is 16.6. The van der Waals surface area contributed by atoms with Gasteiger partial charge in [0.1, 0.15) is 11.4 Å². The summed E-state index contributed by atoms with van der Waals surface area (Å²) < 4.78 is 5.07. The Morgan fingerprint density at radius 1 is 1.30 bits per heavy atom. The SMILES string of the molecule is CCOC(=O)N1CCC(NC(=O)c2[nH]c(=O)[nH]c(=O)c2N)c2ccccc21. The van der Waals surface area contributed by atoms with E-state index in [1.165, 1.54) is 4.90 Å². The number of amides is 2. The van der Waals surface area contributed by atoms with Gasteiger partial charge in [0.05, 0.1) is 18.3 Å². The van der Waals surface area contributed by atoms with E-state index in [4.69, 9.17) is 10.5 Å². The number of carbonyl (C=O) groups is 2. The molecule has 1 unspecified atom stereocenters. The Balaban J connectivity index is 1.89. The largest absolute Gasteiger partial charge is 0.449 e. The fourth-order valence-electron chi connectivity index (χ4n) is 3.01. The predicted molar refractivity (Wildman–Crippen MR) is 97.7 cm³/mol. The maximum absolute atomic E-state index is 12.5. The number of aromatic amines is 2. The molecule has 1 aliphatic rings. The zero-order valence-corrected chi connectivity index (χ0v) is 14.6. The number of benzene rings is 1. The molecule has 10 nitrogen and oxygen atoms in total. The van der Waals surface area contributed by atoms with E-state index in [1.54, 1.807) is 31.2 Å². The minimum atomic E-state index is -0.832. The smallest absolute Gasteiger partial charge is 0.414 e. The normalized spacial score (nSPS) is 15.7. The van der Waals surface area contributed by atoms with Gasteiger partial charge in [0, 0.05) is 6.54 Å². The van der Waals surface area contributed by atoms with Crippen molar-refractivity contribution in [2.24, 2.45) is 0 Å². The van der Waals surface area contributed by atoms with Crippen molar-refractivity contribution in [3.63, 3.8) is 0 Å². The Labute approximate surface area is 153 Å². The molecule has 1 aromatic carbocycles. The number of hydrogen-bond acceptors (Lipinski definition) is 6. The molecule has 10 heteroatoms. The number of anilines is 2. The van der Waals surface area contributed by atoms with Crippen LogP contribution in [0.1, 0.15) is 35.4 Å². The molecule has 1 aromatic heterocycles. The van der Waals surface area contributed by atoms with Crippen LogP contribution >= 0.6 is 0 Å². The van der Waals surface area contributed by atoms with Gasteiger partial charge in [0.25, 0.3) is 11.5 Å². The number of nitrogen functional groups attached to an aromatic ring is 1. The summed E-state index contributed by atoms with van der Waals surface area (Å²) in [6, 6.07) is 6.68. The fourth-order valence-corrected chi connectivity index (χ4v) is 3.01. The maximum atomic E-state index is 12.5. The molecule has 2 heterocycles. The van der Waals surface area contributed by atoms with E-state index in [0.29, 0.717) is 18.7 Å². The van der Waals surface area contributed by atoms with Crippen LogP contribution in [0.4, 0.5) is 16.2 Å². The second-order valence-corrected chi connectivity index (χ2v) is 5.92. The van der Waals surface area contributed by atoms with Gasteiger partial charge < -0.3 is 20.8 Å². The van der Waals surface area contributed by atoms with Gasteiger partial charge >= 0.3 is 11.8 Å². The molecule has 0 aliphatic carbocycles. The maximum Gasteiger partial charge on any atom is 0.414 e. The molecule has 0 spiro atoms. The number of aromatic nitrogens is 2. The first kappa shape index (κ1) is 18.2. The minimum absolute atomic E-state index is 0.257. The van der Waals surface area contributed by atoms with Gasteiger partial charge in [0.15, 0.2) is 0 Å². The summed E-state index contributed by atoms with van der Waals surface area (Å²) in [5, 5.41) is 2.76. The lowest BCUT2D eigenvalue weighted by molar-refractivity contribution is 0.0929. The van der Waals surface area contributed by atoms with Gasteiger partial charge in [-0.1, -0.05) is 18.2 Å². The first-order valence-corrected chi connectivity index (χ1v) is 8.38. The number of nitrogens with zero attached hydrogens (tertiary/aromatic N) is 1. The highest BCUT2D eigenvalue weighted by Crippen LogP contribution is 2.34. The third-order valence-corrected chi connectivity index (χ3v) is 4.24. The molecule has 142 valence electrons. The summed E-state index contributed by atoms with van der Waals surface area (Å²) in [6.45, 7) is 2.32. The number of ether oxygens (including phenoxy) is 1. The van der Waals surface area contributed by atoms with Crippen LogP contribution in [-0.2, 0) is 4.74 Å². The van der Waals surface area contributed by atoms with E-state index in [-0.39, 0.29) is 18.0 Å². The van der Waals surface area contributed by atoms with E-state index < -0.39 is 29.3 Å². The molecular weight excluding hydrogens is 354 g/mol. The summed E-state index contributed by atoms with van der Waals surface area (Å²) in [5.74, 6) is -0.680. The molecule has 1 atom stereocenters. The Hall–Kier alpha value is -3.56. The van der Waals surface area contributed by atoms with Crippen LogP contribution in [0.15, 0.2) is 33.9 Å². The number of nitrogens with two attached hydrogens (primary N) is 1. The summed E-state index contributed by atoms with van der Waals surface area (Å²) in [4.78, 5) is 53.4. The van der Waals surface area contributed by atoms with E-state index in [0.717, 1.165) is 5.56 Å². The van der Waals surface area contributed by atoms with Gasteiger partial charge in [0.2, 0.25) is 0 Å². The monoisotopic (exact) mass is 373 g/mol. The van der Waals surface area contributed by atoms with Gasteiger partial charge in [-0.3, -0.25) is 19.5 Å². The predicted octanol–water partition coefficient (Wildman–Crippen LogP) is 0.483.